The molecule has 2 aliphatic rings. The Kier molecular flexibility index (Phi) is 6.37. The largest absolute Gasteiger partial charge is 0.478 e. The van der Waals surface area contributed by atoms with E-state index < -0.39 is 5.97 Å². The molecule has 172 valence electrons. The average Bonchev–Trinajstić information content (AvgIpc) is 3.35. The van der Waals surface area contributed by atoms with Gasteiger partial charge in [0.2, 0.25) is 0 Å². The van der Waals surface area contributed by atoms with Crippen molar-refractivity contribution >= 4 is 23.1 Å². The molecule has 8 heteroatoms. The molecule has 0 bridgehead atoms. The Bertz CT molecular complexity index is 1080. The smallest absolute Gasteiger partial charge is 0.335 e. The first-order valence-electron chi connectivity index (χ1n) is 11.7. The van der Waals surface area contributed by atoms with Crippen molar-refractivity contribution in [3.63, 3.8) is 0 Å². The first kappa shape index (κ1) is 22.0. The van der Waals surface area contributed by atoms with E-state index >= 15 is 0 Å². The van der Waals surface area contributed by atoms with Crippen molar-refractivity contribution in [1.82, 2.24) is 20.1 Å². The summed E-state index contributed by atoms with van der Waals surface area (Å²) in [4.78, 5) is 20.8. The Morgan fingerprint density at radius 3 is 2.15 bits per heavy atom. The molecule has 1 aromatic carbocycles. The highest BCUT2D eigenvalue weighted by Gasteiger charge is 2.27. The highest BCUT2D eigenvalue weighted by molar-refractivity contribution is 7.17. The van der Waals surface area contributed by atoms with Gasteiger partial charge in [-0.2, -0.15) is 0 Å². The van der Waals surface area contributed by atoms with Crippen molar-refractivity contribution in [3.05, 3.63) is 48.2 Å². The summed E-state index contributed by atoms with van der Waals surface area (Å²) in [6.07, 6.45) is 7.31. The molecule has 0 spiro atoms. The first-order valence-corrected chi connectivity index (χ1v) is 12.5. The fraction of sp³-hybridized carbons (Fsp3) is 0.440. The normalized spacial score (nSPS) is 21.8. The van der Waals surface area contributed by atoms with Gasteiger partial charge in [-0.1, -0.05) is 30.4 Å². The van der Waals surface area contributed by atoms with Crippen LogP contribution < -0.4 is 4.90 Å². The van der Waals surface area contributed by atoms with Gasteiger partial charge in [-0.05, 0) is 55.9 Å². The van der Waals surface area contributed by atoms with Crippen LogP contribution in [0.15, 0.2) is 42.6 Å². The van der Waals surface area contributed by atoms with E-state index in [2.05, 4.69) is 39.1 Å². The summed E-state index contributed by atoms with van der Waals surface area (Å²) in [5.74, 6) is 0.979. The van der Waals surface area contributed by atoms with Gasteiger partial charge in [0.1, 0.15) is 15.8 Å². The third kappa shape index (κ3) is 4.91. The molecule has 7 nitrogen and oxygen atoms in total. The summed E-state index contributed by atoms with van der Waals surface area (Å²) in [5.41, 5.74) is 2.07. The van der Waals surface area contributed by atoms with Crippen LogP contribution >= 0.6 is 11.3 Å². The lowest BCUT2D eigenvalue weighted by molar-refractivity contribution is 0.0697. The van der Waals surface area contributed by atoms with Gasteiger partial charge in [0.05, 0.1) is 5.56 Å². The monoisotopic (exact) mass is 463 g/mol. The topological polar surface area (TPSA) is 82.5 Å². The molecule has 1 saturated carbocycles. The highest BCUT2D eigenvalue weighted by Crippen LogP contribution is 2.31. The van der Waals surface area contributed by atoms with Crippen LogP contribution in [-0.2, 0) is 0 Å². The molecule has 1 N–H and O–H groups in total. The maximum atomic E-state index is 11.0. The van der Waals surface area contributed by atoms with E-state index in [1.165, 1.54) is 37.0 Å². The molecule has 3 heterocycles. The average molecular weight is 464 g/mol. The van der Waals surface area contributed by atoms with Gasteiger partial charge in [-0.15, -0.1) is 10.2 Å². The molecule has 1 saturated heterocycles. The van der Waals surface area contributed by atoms with E-state index in [-0.39, 0.29) is 5.56 Å². The van der Waals surface area contributed by atoms with Gasteiger partial charge in [-0.3, -0.25) is 4.90 Å². The number of aromatic nitrogens is 3. The molecule has 0 unspecified atom stereocenters. The van der Waals surface area contributed by atoms with E-state index in [0.717, 1.165) is 65.1 Å². The molecular formula is C25H29N5O2S. The summed E-state index contributed by atoms with van der Waals surface area (Å²) in [6.45, 7) is 6.65. The number of anilines is 1. The first-order chi connectivity index (χ1) is 16.1. The molecule has 1 aliphatic carbocycles. The lowest BCUT2D eigenvalue weighted by Crippen LogP contribution is -2.51. The SMILES string of the molecule is CC1CCC(N2CCN(c3ccc(-c4nnc(-c5ccc(C(=O)O)cc5)s4)cn3)CC2)CC1. The molecule has 5 rings (SSSR count). The van der Waals surface area contributed by atoms with Gasteiger partial charge in [0.15, 0.2) is 0 Å². The van der Waals surface area contributed by atoms with Crippen molar-refractivity contribution in [2.75, 3.05) is 31.1 Å². The highest BCUT2D eigenvalue weighted by atomic mass is 32.1. The van der Waals surface area contributed by atoms with Crippen LogP contribution in [0.1, 0.15) is 43.0 Å². The Morgan fingerprint density at radius 1 is 0.909 bits per heavy atom. The Morgan fingerprint density at radius 2 is 1.55 bits per heavy atom. The van der Waals surface area contributed by atoms with Crippen LogP contribution in [-0.4, -0.2) is 63.4 Å². The van der Waals surface area contributed by atoms with Gasteiger partial charge >= 0.3 is 5.97 Å². The second-order valence-electron chi connectivity index (χ2n) is 9.14. The van der Waals surface area contributed by atoms with Gasteiger partial charge in [0.25, 0.3) is 0 Å². The maximum Gasteiger partial charge on any atom is 0.335 e. The van der Waals surface area contributed by atoms with E-state index in [1.54, 1.807) is 24.3 Å². The minimum absolute atomic E-state index is 0.262. The zero-order valence-corrected chi connectivity index (χ0v) is 19.7. The number of carbonyl (C=O) groups is 1. The molecule has 33 heavy (non-hydrogen) atoms. The molecule has 3 aromatic rings. The molecule has 2 aromatic heterocycles. The second-order valence-corrected chi connectivity index (χ2v) is 10.1. The maximum absolute atomic E-state index is 11.0. The summed E-state index contributed by atoms with van der Waals surface area (Å²) < 4.78 is 0. The number of aromatic carboxylic acids is 1. The van der Waals surface area contributed by atoms with Crippen LogP contribution in [0, 0.1) is 5.92 Å². The fourth-order valence-corrected chi connectivity index (χ4v) is 5.67. The fourth-order valence-electron chi connectivity index (χ4n) is 4.84. The van der Waals surface area contributed by atoms with E-state index in [0.29, 0.717) is 0 Å². The number of hydrogen-bond donors (Lipinski definition) is 1. The zero-order valence-electron chi connectivity index (χ0n) is 18.9. The molecule has 0 radical (unpaired) electrons. The number of piperazine rings is 1. The Balaban J connectivity index is 1.20. The molecule has 1 aliphatic heterocycles. The van der Waals surface area contributed by atoms with E-state index in [9.17, 15) is 4.79 Å². The predicted molar refractivity (Wildman–Crippen MR) is 131 cm³/mol. The van der Waals surface area contributed by atoms with Crippen LogP contribution in [0.5, 0.6) is 0 Å². The van der Waals surface area contributed by atoms with Crippen molar-refractivity contribution in [2.24, 2.45) is 5.92 Å². The van der Waals surface area contributed by atoms with Crippen molar-refractivity contribution < 1.29 is 9.90 Å². The number of benzene rings is 1. The molecule has 2 fully saturated rings. The standard InChI is InChI=1S/C25H29N5O2S/c1-17-2-9-21(10-3-17)29-12-14-30(15-13-29)22-11-8-20(16-26-22)24-28-27-23(33-24)18-4-6-19(7-5-18)25(31)32/h4-8,11,16-17,21H,2-3,9-10,12-15H2,1H3,(H,31,32). The summed E-state index contributed by atoms with van der Waals surface area (Å²) in [7, 11) is 0. The lowest BCUT2D eigenvalue weighted by Gasteiger charge is -2.42. The summed E-state index contributed by atoms with van der Waals surface area (Å²) >= 11 is 1.48. The second kappa shape index (κ2) is 9.57. The minimum Gasteiger partial charge on any atom is -0.478 e. The minimum atomic E-state index is -0.935. The molecule has 0 atom stereocenters. The van der Waals surface area contributed by atoms with Crippen LogP contribution in [0.3, 0.4) is 0 Å². The quantitative estimate of drug-likeness (QED) is 0.589. The van der Waals surface area contributed by atoms with E-state index in [1.807, 2.05) is 6.20 Å². The van der Waals surface area contributed by atoms with E-state index in [4.69, 9.17) is 10.1 Å². The van der Waals surface area contributed by atoms with Crippen molar-refractivity contribution in [2.45, 2.75) is 38.6 Å². The molecule has 0 amide bonds. The summed E-state index contributed by atoms with van der Waals surface area (Å²) in [6, 6.07) is 11.6. The number of carboxylic acids is 1. The lowest BCUT2D eigenvalue weighted by atomic mass is 9.86. The Labute approximate surface area is 198 Å². The van der Waals surface area contributed by atoms with Crippen molar-refractivity contribution in [3.8, 4) is 21.1 Å². The third-order valence-electron chi connectivity index (χ3n) is 6.94. The third-order valence-corrected chi connectivity index (χ3v) is 7.96. The number of pyridine rings is 1. The zero-order chi connectivity index (χ0) is 22.8. The number of carboxylic acid groups (broad SMARTS) is 1. The number of nitrogens with zero attached hydrogens (tertiary/aromatic N) is 5. The van der Waals surface area contributed by atoms with Crippen LogP contribution in [0.25, 0.3) is 21.1 Å². The summed E-state index contributed by atoms with van der Waals surface area (Å²) in [5, 5.41) is 19.2. The van der Waals surface area contributed by atoms with Crippen molar-refractivity contribution in [1.29, 1.82) is 0 Å². The predicted octanol–water partition coefficient (Wildman–Crippen LogP) is 4.67. The Hall–Kier alpha value is -2.84. The van der Waals surface area contributed by atoms with Gasteiger partial charge in [-0.25, -0.2) is 9.78 Å². The van der Waals surface area contributed by atoms with Crippen LogP contribution in [0.4, 0.5) is 5.82 Å². The van der Waals surface area contributed by atoms with Gasteiger partial charge in [0, 0.05) is 49.5 Å². The van der Waals surface area contributed by atoms with Crippen LogP contribution in [0.2, 0.25) is 0 Å². The number of rotatable bonds is 5. The number of hydrogen-bond acceptors (Lipinski definition) is 7. The van der Waals surface area contributed by atoms with Gasteiger partial charge < -0.3 is 10.0 Å². The molecular weight excluding hydrogens is 434 g/mol.